The van der Waals surface area contributed by atoms with Gasteiger partial charge >= 0.3 is 12.1 Å². The van der Waals surface area contributed by atoms with Gasteiger partial charge in [0.25, 0.3) is 0 Å². The van der Waals surface area contributed by atoms with Gasteiger partial charge in [0.05, 0.1) is 13.2 Å². The molecule has 2 saturated heterocycles. The van der Waals surface area contributed by atoms with E-state index in [0.29, 0.717) is 19.6 Å². The highest BCUT2D eigenvalue weighted by molar-refractivity contribution is 5.84. The lowest BCUT2D eigenvalue weighted by atomic mass is 9.84. The van der Waals surface area contributed by atoms with Crippen molar-refractivity contribution in [1.82, 2.24) is 4.90 Å². The predicted molar refractivity (Wildman–Crippen MR) is 72.8 cm³/mol. The number of carbonyl (C=O) groups excluding carboxylic acids is 1. The number of hydrogen-bond acceptors (Lipinski definition) is 5. The predicted octanol–water partition coefficient (Wildman–Crippen LogP) is 1.60. The molecule has 0 radical (unpaired) electrons. The summed E-state index contributed by atoms with van der Waals surface area (Å²) < 4.78 is 16.5. The number of carboxylic acids is 1. The van der Waals surface area contributed by atoms with Crippen LogP contribution in [0.25, 0.3) is 0 Å². The molecule has 0 aromatic heterocycles. The zero-order valence-corrected chi connectivity index (χ0v) is 13.0. The minimum Gasteiger partial charge on any atom is -0.480 e. The molecule has 21 heavy (non-hydrogen) atoms. The summed E-state index contributed by atoms with van der Waals surface area (Å²) in [6.07, 6.45) is -0.0933. The molecule has 0 bridgehead atoms. The minimum absolute atomic E-state index is 0.0918. The van der Waals surface area contributed by atoms with Crippen LogP contribution < -0.4 is 0 Å². The van der Waals surface area contributed by atoms with Crippen LogP contribution >= 0.6 is 0 Å². The standard InChI is InChI=1S/C14H23NO6/c1-12(2,3)21-11(18)15-6-5-14(19-7-8-20-14)9-13(15,4)10(16)17/h5-9H2,1-4H3,(H,16,17)/t13-/m0/s1. The second-order valence-electron chi connectivity index (χ2n) is 6.75. The van der Waals surface area contributed by atoms with E-state index < -0.39 is 29.0 Å². The molecular weight excluding hydrogens is 278 g/mol. The Morgan fingerprint density at radius 3 is 2.29 bits per heavy atom. The van der Waals surface area contributed by atoms with Crippen LogP contribution in [0.4, 0.5) is 4.79 Å². The lowest BCUT2D eigenvalue weighted by Gasteiger charge is -2.47. The number of aliphatic carboxylic acids is 1. The fourth-order valence-electron chi connectivity index (χ4n) is 2.78. The monoisotopic (exact) mass is 301 g/mol. The molecule has 1 N–H and O–H groups in total. The lowest BCUT2D eigenvalue weighted by Crippen LogP contribution is -2.64. The van der Waals surface area contributed by atoms with E-state index in [2.05, 4.69) is 0 Å². The summed E-state index contributed by atoms with van der Waals surface area (Å²) in [6.45, 7) is 7.86. The summed E-state index contributed by atoms with van der Waals surface area (Å²) in [5.74, 6) is -1.99. The molecule has 0 unspecified atom stereocenters. The van der Waals surface area contributed by atoms with Crippen LogP contribution in [0.1, 0.15) is 40.5 Å². The van der Waals surface area contributed by atoms with E-state index >= 15 is 0 Å². The molecule has 1 atom stereocenters. The highest BCUT2D eigenvalue weighted by Crippen LogP contribution is 2.40. The Bertz CT molecular complexity index is 437. The Hall–Kier alpha value is -1.34. The van der Waals surface area contributed by atoms with Crippen molar-refractivity contribution in [3.8, 4) is 0 Å². The van der Waals surface area contributed by atoms with Gasteiger partial charge in [0.1, 0.15) is 11.1 Å². The molecule has 2 aliphatic rings. The Kier molecular flexibility index (Phi) is 3.92. The van der Waals surface area contributed by atoms with Crippen molar-refractivity contribution < 1.29 is 28.9 Å². The maximum absolute atomic E-state index is 12.3. The van der Waals surface area contributed by atoms with E-state index in [1.165, 1.54) is 11.8 Å². The van der Waals surface area contributed by atoms with E-state index in [0.717, 1.165) is 0 Å². The summed E-state index contributed by atoms with van der Waals surface area (Å²) in [7, 11) is 0. The van der Waals surface area contributed by atoms with E-state index in [-0.39, 0.29) is 13.0 Å². The first kappa shape index (κ1) is 16.0. The average Bonchev–Trinajstić information content (AvgIpc) is 2.74. The van der Waals surface area contributed by atoms with Gasteiger partial charge in [0, 0.05) is 19.4 Å². The summed E-state index contributed by atoms with van der Waals surface area (Å²) in [5.41, 5.74) is -2.09. The third-order valence-corrected chi connectivity index (χ3v) is 3.81. The number of hydrogen-bond donors (Lipinski definition) is 1. The van der Waals surface area contributed by atoms with Crippen molar-refractivity contribution in [3.05, 3.63) is 0 Å². The highest BCUT2D eigenvalue weighted by Gasteiger charge is 2.56. The fourth-order valence-corrected chi connectivity index (χ4v) is 2.78. The third-order valence-electron chi connectivity index (χ3n) is 3.81. The molecule has 7 nitrogen and oxygen atoms in total. The van der Waals surface area contributed by atoms with E-state index in [9.17, 15) is 14.7 Å². The Morgan fingerprint density at radius 2 is 1.81 bits per heavy atom. The number of likely N-dealkylation sites (tertiary alicyclic amines) is 1. The smallest absolute Gasteiger partial charge is 0.411 e. The van der Waals surface area contributed by atoms with Crippen molar-refractivity contribution >= 4 is 12.1 Å². The Balaban J connectivity index is 2.22. The van der Waals surface area contributed by atoms with Gasteiger partial charge in [0.15, 0.2) is 5.79 Å². The van der Waals surface area contributed by atoms with Crippen molar-refractivity contribution in [3.63, 3.8) is 0 Å². The van der Waals surface area contributed by atoms with Crippen LogP contribution in [0, 0.1) is 0 Å². The maximum Gasteiger partial charge on any atom is 0.411 e. The molecule has 2 rings (SSSR count). The number of carbonyl (C=O) groups is 2. The van der Waals surface area contributed by atoms with Crippen LogP contribution in [0.15, 0.2) is 0 Å². The van der Waals surface area contributed by atoms with Gasteiger partial charge in [-0.05, 0) is 27.7 Å². The van der Waals surface area contributed by atoms with E-state index in [1.54, 1.807) is 20.8 Å². The molecule has 0 aromatic rings. The fraction of sp³-hybridized carbons (Fsp3) is 0.857. The summed E-state index contributed by atoms with van der Waals surface area (Å²) in [4.78, 5) is 25.3. The lowest BCUT2D eigenvalue weighted by molar-refractivity contribution is -0.214. The quantitative estimate of drug-likeness (QED) is 0.792. The molecule has 1 amide bonds. The van der Waals surface area contributed by atoms with E-state index in [1.807, 2.05) is 0 Å². The summed E-state index contributed by atoms with van der Waals surface area (Å²) >= 11 is 0. The third kappa shape index (κ3) is 3.13. The maximum atomic E-state index is 12.3. The van der Waals surface area contributed by atoms with Crippen LogP contribution in [-0.4, -0.2) is 58.8 Å². The van der Waals surface area contributed by atoms with Crippen LogP contribution in [0.5, 0.6) is 0 Å². The van der Waals surface area contributed by atoms with Gasteiger partial charge in [-0.2, -0.15) is 0 Å². The number of rotatable bonds is 1. The summed E-state index contributed by atoms with van der Waals surface area (Å²) in [6, 6.07) is 0. The molecule has 7 heteroatoms. The molecule has 120 valence electrons. The van der Waals surface area contributed by atoms with Crippen molar-refractivity contribution in [2.24, 2.45) is 0 Å². The molecule has 2 aliphatic heterocycles. The largest absolute Gasteiger partial charge is 0.480 e. The van der Waals surface area contributed by atoms with Gasteiger partial charge < -0.3 is 19.3 Å². The number of piperidine rings is 1. The molecule has 0 aliphatic carbocycles. The number of ether oxygens (including phenoxy) is 3. The molecular formula is C14H23NO6. The number of carboxylic acid groups (broad SMARTS) is 1. The Morgan fingerprint density at radius 1 is 1.24 bits per heavy atom. The minimum atomic E-state index is -1.41. The van der Waals surface area contributed by atoms with Crippen molar-refractivity contribution in [2.45, 2.75) is 57.5 Å². The number of amides is 1. The van der Waals surface area contributed by atoms with Gasteiger partial charge in [-0.1, -0.05) is 0 Å². The van der Waals surface area contributed by atoms with Gasteiger partial charge in [-0.15, -0.1) is 0 Å². The van der Waals surface area contributed by atoms with Crippen LogP contribution in [0.3, 0.4) is 0 Å². The van der Waals surface area contributed by atoms with Crippen LogP contribution in [0.2, 0.25) is 0 Å². The summed E-state index contributed by atoms with van der Waals surface area (Å²) in [5, 5.41) is 9.60. The SMILES string of the molecule is CC(C)(C)OC(=O)N1CCC2(C[C@@]1(C)C(=O)O)OCCO2. The molecule has 2 heterocycles. The van der Waals surface area contributed by atoms with Crippen molar-refractivity contribution in [2.75, 3.05) is 19.8 Å². The van der Waals surface area contributed by atoms with Gasteiger partial charge in [0.2, 0.25) is 0 Å². The van der Waals surface area contributed by atoms with Gasteiger partial charge in [-0.25, -0.2) is 9.59 Å². The van der Waals surface area contributed by atoms with Crippen LogP contribution in [-0.2, 0) is 19.0 Å². The van der Waals surface area contributed by atoms with Gasteiger partial charge in [-0.3, -0.25) is 4.90 Å². The second-order valence-corrected chi connectivity index (χ2v) is 6.75. The number of nitrogens with zero attached hydrogens (tertiary/aromatic N) is 1. The first-order chi connectivity index (χ1) is 9.58. The molecule has 0 saturated carbocycles. The average molecular weight is 301 g/mol. The molecule has 1 spiro atoms. The van der Waals surface area contributed by atoms with Crippen molar-refractivity contribution in [1.29, 1.82) is 0 Å². The highest BCUT2D eigenvalue weighted by atomic mass is 16.7. The molecule has 2 fully saturated rings. The first-order valence-corrected chi connectivity index (χ1v) is 7.10. The molecule has 0 aromatic carbocycles. The zero-order chi connectivity index (χ0) is 15.9. The second kappa shape index (κ2) is 5.14. The topological polar surface area (TPSA) is 85.3 Å². The van der Waals surface area contributed by atoms with E-state index in [4.69, 9.17) is 14.2 Å². The Labute approximate surface area is 124 Å². The first-order valence-electron chi connectivity index (χ1n) is 7.10. The zero-order valence-electron chi connectivity index (χ0n) is 13.0. The normalized spacial score (nSPS) is 28.7.